The number of hydrogen-bond donors (Lipinski definition) is 1. The lowest BCUT2D eigenvalue weighted by Gasteiger charge is -2.44. The van der Waals surface area contributed by atoms with Gasteiger partial charge in [0, 0.05) is 114 Å². The molecule has 11 rings (SSSR count). The maximum atomic E-state index is 14.3. The number of nitrogens with one attached hydrogen (secondary N) is 1. The number of carbonyl (C=O) groups is 5. The number of piperidine rings is 3. The van der Waals surface area contributed by atoms with Gasteiger partial charge in [-0.1, -0.05) is 84.9 Å². The van der Waals surface area contributed by atoms with Gasteiger partial charge in [-0.25, -0.2) is 9.18 Å². The summed E-state index contributed by atoms with van der Waals surface area (Å²) in [5.74, 6) is -1.32. The summed E-state index contributed by atoms with van der Waals surface area (Å²) in [6.45, 7) is 6.38. The number of halogens is 10. The van der Waals surface area contributed by atoms with Crippen molar-refractivity contribution in [1.29, 1.82) is 0 Å². The number of nitrogens with zero attached hydrogens (tertiary/aromatic N) is 7. The van der Waals surface area contributed by atoms with Gasteiger partial charge < -0.3 is 48.5 Å². The smallest absolute Gasteiger partial charge is 0.416 e. The quantitative estimate of drug-likeness (QED) is 0.0611. The molecule has 2 atom stereocenters. The first-order valence-corrected chi connectivity index (χ1v) is 34.3. The predicted octanol–water partition coefficient (Wildman–Crippen LogP) is 14.3. The molecule has 5 aliphatic rings. The summed E-state index contributed by atoms with van der Waals surface area (Å²) in [7, 11) is 5.36. The Morgan fingerprint density at radius 2 is 1.25 bits per heavy atom. The van der Waals surface area contributed by atoms with E-state index in [-0.39, 0.29) is 92.8 Å². The minimum atomic E-state index is -5.15. The van der Waals surface area contributed by atoms with E-state index < -0.39 is 64.6 Å². The zero-order chi connectivity index (χ0) is 70.1. The van der Waals surface area contributed by atoms with Gasteiger partial charge in [0.05, 0.1) is 29.5 Å². The Labute approximate surface area is 610 Å². The van der Waals surface area contributed by atoms with Crippen molar-refractivity contribution in [1.82, 2.24) is 29.4 Å². The summed E-state index contributed by atoms with van der Waals surface area (Å²) in [6, 6.07) is 39.7. The van der Waals surface area contributed by atoms with E-state index in [9.17, 15) is 54.7 Å². The monoisotopic (exact) mass is 1480 g/mol. The highest BCUT2D eigenvalue weighted by Gasteiger charge is 2.50. The molecular formula is C76H90Cl3F7N8O8. The van der Waals surface area contributed by atoms with Crippen LogP contribution in [0.3, 0.4) is 0 Å². The third-order valence-electron chi connectivity index (χ3n) is 20.9. The summed E-state index contributed by atoms with van der Waals surface area (Å²) in [4.78, 5) is 80.4. The molecule has 16 nitrogen and oxygen atoms in total. The van der Waals surface area contributed by atoms with E-state index in [4.69, 9.17) is 14.2 Å². The minimum Gasteiger partial charge on any atom is -0.446 e. The van der Waals surface area contributed by atoms with E-state index in [0.717, 1.165) is 92.1 Å². The highest BCUT2D eigenvalue weighted by molar-refractivity contribution is 5.95. The fourth-order valence-electron chi connectivity index (χ4n) is 14.8. The Kier molecular flexibility index (Phi) is 27.8. The van der Waals surface area contributed by atoms with E-state index in [1.807, 2.05) is 103 Å². The van der Waals surface area contributed by atoms with Crippen molar-refractivity contribution < 1.29 is 68.9 Å². The third kappa shape index (κ3) is 19.7. The molecule has 0 aromatic heterocycles. The van der Waals surface area contributed by atoms with Crippen molar-refractivity contribution in [3.8, 4) is 11.1 Å². The Morgan fingerprint density at radius 1 is 0.637 bits per heavy atom. The fourth-order valence-corrected chi connectivity index (χ4v) is 14.8. The Morgan fingerprint density at radius 3 is 1.91 bits per heavy atom. The van der Waals surface area contributed by atoms with Gasteiger partial charge in [0.25, 0.3) is 11.8 Å². The summed E-state index contributed by atoms with van der Waals surface area (Å²) in [5, 5.41) is 2.94. The molecule has 6 aromatic rings. The van der Waals surface area contributed by atoms with Gasteiger partial charge in [-0.05, 0) is 166 Å². The summed E-state index contributed by atoms with van der Waals surface area (Å²) < 4.78 is 116. The number of ether oxygens (including phenoxy) is 3. The molecule has 1 N–H and O–H groups in total. The second-order valence-electron chi connectivity index (χ2n) is 27.2. The molecule has 0 radical (unpaired) electrons. The molecule has 0 saturated carbocycles. The number of amides is 5. The predicted molar refractivity (Wildman–Crippen MR) is 384 cm³/mol. The van der Waals surface area contributed by atoms with Gasteiger partial charge in [0.1, 0.15) is 30.9 Å². The number of carbonyl (C=O) groups excluding carboxylic acids is 5. The zero-order valence-electron chi connectivity index (χ0n) is 57.5. The van der Waals surface area contributed by atoms with Gasteiger partial charge in [0.2, 0.25) is 11.8 Å². The molecule has 552 valence electrons. The second-order valence-corrected chi connectivity index (χ2v) is 27.2. The van der Waals surface area contributed by atoms with E-state index >= 15 is 0 Å². The normalized spacial score (nSPS) is 18.7. The maximum absolute atomic E-state index is 14.3. The van der Waals surface area contributed by atoms with Gasteiger partial charge in [-0.3, -0.25) is 24.5 Å². The minimum absolute atomic E-state index is 0. The topological polar surface area (TPSA) is 148 Å². The summed E-state index contributed by atoms with van der Waals surface area (Å²) >= 11 is 0. The molecule has 4 saturated heterocycles. The lowest BCUT2D eigenvalue weighted by molar-refractivity contribution is -0.143. The zero-order valence-corrected chi connectivity index (χ0v) is 60.0. The van der Waals surface area contributed by atoms with E-state index in [1.165, 1.54) is 29.8 Å². The largest absolute Gasteiger partial charge is 0.446 e. The molecule has 4 fully saturated rings. The molecule has 1 aliphatic carbocycles. The second kappa shape index (κ2) is 35.3. The summed E-state index contributed by atoms with van der Waals surface area (Å²) in [6.07, 6.45) is -3.71. The lowest BCUT2D eigenvalue weighted by Crippen LogP contribution is -2.50. The van der Waals surface area contributed by atoms with E-state index in [2.05, 4.69) is 32.1 Å². The number of anilines is 2. The Balaban J connectivity index is 0.00000440. The highest BCUT2D eigenvalue weighted by Crippen LogP contribution is 2.49. The molecule has 6 aromatic carbocycles. The van der Waals surface area contributed by atoms with Crippen molar-refractivity contribution in [3.05, 3.63) is 190 Å². The molecule has 4 heterocycles. The van der Waals surface area contributed by atoms with Crippen molar-refractivity contribution in [3.63, 3.8) is 0 Å². The van der Waals surface area contributed by atoms with Gasteiger partial charge in [0.15, 0.2) is 0 Å². The first kappa shape index (κ1) is 80.2. The first-order chi connectivity index (χ1) is 47.4. The average molecular weight is 1480 g/mol. The maximum Gasteiger partial charge on any atom is 0.416 e. The van der Waals surface area contributed by atoms with Crippen LogP contribution >= 0.6 is 37.2 Å². The Hall–Kier alpha value is -7.51. The SMILES string of the molecule is CN(CCN1CCC(OC(=O)Nc2ccccc2-c2ccccc2)CC1)C(=O)CCC1CCN(c2ccc(C(=O)N(C)CCCN(C)C(=O)CO[C@H]3Cc4ccccc4C34CCN(CC[C@]3(c5ccc(F)cc5)CN(C(=O)c5cc(C(F)(F)F)cc(C(F)(F)F)c5)CO3)CC4)cc2)CC1.Cl.Cl.Cl. The van der Waals surface area contributed by atoms with Crippen LogP contribution in [-0.4, -0.2) is 184 Å². The van der Waals surface area contributed by atoms with Gasteiger partial charge >= 0.3 is 18.4 Å². The standard InChI is InChI=1S/C76H87F7N8O8.3ClH/c1-85(35-11-36-87(3)70(94)55-19-25-62(26-20-55)90-39-28-53(29-40-90)18-27-68(92)86(2)44-45-88-37-30-63(31-38-88)99-72(96)84-66-17-10-8-15-64(66)54-12-5-4-6-13-54)69(93)50-97-67-48-56-14-7-9-16-65(56)73(67)32-41-89(42-33-73)43-34-74(58-21-23-61(77)24-22-58)51-91(52-98-74)71(95)57-46-59(75(78,79)80)49-60(47-57)76(81,82)83;;;/h4-10,12-17,19-26,46-47,49,53,63,67H,11,18,27-45,48,50-52H2,1-3H3,(H,84,96);3*1H/t67-,74+;;;/m0.../s1. The molecule has 102 heavy (non-hydrogen) atoms. The molecule has 1 spiro atoms. The van der Waals surface area contributed by atoms with Crippen LogP contribution in [0.2, 0.25) is 0 Å². The number of likely N-dealkylation sites (tertiary alicyclic amines) is 2. The van der Waals surface area contributed by atoms with E-state index in [0.29, 0.717) is 106 Å². The van der Waals surface area contributed by atoms with Crippen molar-refractivity contribution in [2.75, 3.05) is 123 Å². The molecule has 26 heteroatoms. The fraction of sp³-hybridized carbons (Fsp3) is 0.461. The summed E-state index contributed by atoms with van der Waals surface area (Å²) in [5.41, 5.74) is 1.40. The average Bonchev–Trinajstić information content (AvgIpc) is 1.58. The molecule has 4 aliphatic heterocycles. The molecule has 0 bridgehead atoms. The van der Waals surface area contributed by atoms with Crippen LogP contribution in [0, 0.1) is 11.7 Å². The van der Waals surface area contributed by atoms with Crippen LogP contribution in [0.15, 0.2) is 146 Å². The van der Waals surface area contributed by atoms with Crippen molar-refractivity contribution in [2.45, 2.75) is 106 Å². The van der Waals surface area contributed by atoms with Gasteiger partial charge in [-0.2, -0.15) is 26.3 Å². The van der Waals surface area contributed by atoms with Gasteiger partial charge in [-0.15, -0.1) is 37.2 Å². The lowest BCUT2D eigenvalue weighted by atomic mass is 9.72. The van der Waals surface area contributed by atoms with Crippen LogP contribution in [0.4, 0.5) is 46.9 Å². The van der Waals surface area contributed by atoms with Crippen molar-refractivity contribution in [2.24, 2.45) is 5.92 Å². The number of rotatable bonds is 23. The van der Waals surface area contributed by atoms with Crippen LogP contribution in [0.25, 0.3) is 11.1 Å². The molecular weight excluding hydrogens is 1390 g/mol. The van der Waals surface area contributed by atoms with Crippen LogP contribution < -0.4 is 10.2 Å². The van der Waals surface area contributed by atoms with Crippen molar-refractivity contribution >= 4 is 78.3 Å². The molecule has 0 unspecified atom stereocenters. The van der Waals surface area contributed by atoms with Crippen LogP contribution in [-0.2, 0) is 53.6 Å². The van der Waals surface area contributed by atoms with Crippen LogP contribution in [0.1, 0.15) is 113 Å². The number of alkyl halides is 6. The third-order valence-corrected chi connectivity index (χ3v) is 20.9. The van der Waals surface area contributed by atoms with E-state index in [1.54, 1.807) is 23.9 Å². The number of hydrogen-bond acceptors (Lipinski definition) is 11. The Bertz CT molecular complexity index is 3750. The number of likely N-dealkylation sites (N-methyl/N-ethyl adjacent to an activating group) is 2. The molecule has 5 amide bonds. The highest BCUT2D eigenvalue weighted by atomic mass is 35.5. The number of para-hydroxylation sites is 1. The first-order valence-electron chi connectivity index (χ1n) is 34.3. The number of benzene rings is 6. The number of fused-ring (bicyclic) bond motifs is 2. The van der Waals surface area contributed by atoms with Crippen LogP contribution in [0.5, 0.6) is 0 Å².